The number of rotatable bonds is 4. The SMILES string of the molecule is CC1CC(C(=O)Nc2ccc(-n3ccccc3=O)cc2F)N(C(=O)Nc2ccc(Cl)cc2)C1. The van der Waals surface area contributed by atoms with Crippen molar-refractivity contribution in [3.63, 3.8) is 0 Å². The number of benzene rings is 2. The van der Waals surface area contributed by atoms with Crippen molar-refractivity contribution < 1.29 is 14.0 Å². The van der Waals surface area contributed by atoms with Crippen molar-refractivity contribution >= 4 is 34.9 Å². The number of pyridine rings is 1. The monoisotopic (exact) mass is 468 g/mol. The lowest BCUT2D eigenvalue weighted by Crippen LogP contribution is -2.45. The summed E-state index contributed by atoms with van der Waals surface area (Å²) in [5.74, 6) is -1.05. The Hall–Kier alpha value is -3.65. The van der Waals surface area contributed by atoms with E-state index in [0.717, 1.165) is 0 Å². The third kappa shape index (κ3) is 5.06. The van der Waals surface area contributed by atoms with Crippen molar-refractivity contribution in [1.82, 2.24) is 9.47 Å². The van der Waals surface area contributed by atoms with Crippen molar-refractivity contribution in [2.45, 2.75) is 19.4 Å². The van der Waals surface area contributed by atoms with Gasteiger partial charge in [-0.3, -0.25) is 14.2 Å². The van der Waals surface area contributed by atoms with Crippen LogP contribution in [0.25, 0.3) is 5.69 Å². The van der Waals surface area contributed by atoms with Crippen LogP contribution in [0, 0.1) is 11.7 Å². The third-order valence-corrected chi connectivity index (χ3v) is 5.73. The van der Waals surface area contributed by atoms with E-state index in [1.54, 1.807) is 42.5 Å². The minimum absolute atomic E-state index is 0.0228. The summed E-state index contributed by atoms with van der Waals surface area (Å²) in [6.07, 6.45) is 1.99. The molecule has 3 aromatic rings. The summed E-state index contributed by atoms with van der Waals surface area (Å²) >= 11 is 5.88. The number of anilines is 2. The van der Waals surface area contributed by atoms with Gasteiger partial charge in [0, 0.05) is 35.6 Å². The van der Waals surface area contributed by atoms with E-state index < -0.39 is 23.8 Å². The summed E-state index contributed by atoms with van der Waals surface area (Å²) in [4.78, 5) is 39.2. The van der Waals surface area contributed by atoms with E-state index in [1.165, 1.54) is 33.9 Å². The zero-order valence-corrected chi connectivity index (χ0v) is 18.6. The fourth-order valence-electron chi connectivity index (χ4n) is 3.86. The zero-order chi connectivity index (χ0) is 23.5. The lowest BCUT2D eigenvalue weighted by molar-refractivity contribution is -0.119. The molecule has 2 N–H and O–H groups in total. The van der Waals surface area contributed by atoms with Gasteiger partial charge in [0.2, 0.25) is 5.91 Å². The van der Waals surface area contributed by atoms with E-state index in [1.807, 2.05) is 6.92 Å². The number of urea groups is 1. The highest BCUT2D eigenvalue weighted by Gasteiger charge is 2.38. The number of carbonyl (C=O) groups is 2. The molecule has 0 bridgehead atoms. The first-order valence-corrected chi connectivity index (χ1v) is 10.8. The van der Waals surface area contributed by atoms with Gasteiger partial charge in [0.05, 0.1) is 11.4 Å². The molecule has 170 valence electrons. The topological polar surface area (TPSA) is 83.4 Å². The first-order chi connectivity index (χ1) is 15.8. The molecule has 1 aliphatic rings. The minimum Gasteiger partial charge on any atom is -0.322 e. The highest BCUT2D eigenvalue weighted by Crippen LogP contribution is 2.26. The molecule has 2 heterocycles. The molecule has 0 radical (unpaired) electrons. The maximum Gasteiger partial charge on any atom is 0.322 e. The van der Waals surface area contributed by atoms with Crippen molar-refractivity contribution in [1.29, 1.82) is 0 Å². The second-order valence-electron chi connectivity index (χ2n) is 8.01. The summed E-state index contributed by atoms with van der Waals surface area (Å²) in [5.41, 5.74) is 0.580. The second-order valence-corrected chi connectivity index (χ2v) is 8.44. The molecule has 2 atom stereocenters. The largest absolute Gasteiger partial charge is 0.322 e. The van der Waals surface area contributed by atoms with Crippen LogP contribution < -0.4 is 16.2 Å². The van der Waals surface area contributed by atoms with Crippen LogP contribution in [-0.2, 0) is 4.79 Å². The van der Waals surface area contributed by atoms with E-state index in [-0.39, 0.29) is 17.2 Å². The van der Waals surface area contributed by atoms with Crippen LogP contribution in [0.4, 0.5) is 20.6 Å². The molecule has 0 spiro atoms. The molecule has 1 fully saturated rings. The Kier molecular flexibility index (Phi) is 6.46. The Labute approximate surface area is 194 Å². The molecular formula is C24H22ClFN4O3. The Morgan fingerprint density at radius 1 is 1.06 bits per heavy atom. The quantitative estimate of drug-likeness (QED) is 0.591. The average molecular weight is 469 g/mol. The first-order valence-electron chi connectivity index (χ1n) is 10.4. The van der Waals surface area contributed by atoms with Crippen LogP contribution in [0.3, 0.4) is 0 Å². The van der Waals surface area contributed by atoms with Gasteiger partial charge in [-0.1, -0.05) is 24.6 Å². The highest BCUT2D eigenvalue weighted by atomic mass is 35.5. The molecule has 0 aliphatic carbocycles. The number of carbonyl (C=O) groups excluding carboxylic acids is 2. The summed E-state index contributed by atoms with van der Waals surface area (Å²) in [7, 11) is 0. The van der Waals surface area contributed by atoms with Gasteiger partial charge in [0.15, 0.2) is 0 Å². The number of aromatic nitrogens is 1. The van der Waals surface area contributed by atoms with Gasteiger partial charge in [0.25, 0.3) is 5.56 Å². The molecule has 1 aliphatic heterocycles. The van der Waals surface area contributed by atoms with E-state index in [9.17, 15) is 18.8 Å². The minimum atomic E-state index is -0.747. The Balaban J connectivity index is 1.48. The highest BCUT2D eigenvalue weighted by molar-refractivity contribution is 6.30. The van der Waals surface area contributed by atoms with Crippen LogP contribution in [0.1, 0.15) is 13.3 Å². The molecule has 2 unspecified atom stereocenters. The number of halogens is 2. The van der Waals surface area contributed by atoms with E-state index in [2.05, 4.69) is 10.6 Å². The molecule has 2 aromatic carbocycles. The molecule has 7 nitrogen and oxygen atoms in total. The van der Waals surface area contributed by atoms with Crippen molar-refractivity contribution in [3.8, 4) is 5.69 Å². The van der Waals surface area contributed by atoms with Crippen LogP contribution in [0.5, 0.6) is 0 Å². The van der Waals surface area contributed by atoms with E-state index >= 15 is 0 Å². The molecule has 1 aromatic heterocycles. The predicted octanol–water partition coefficient (Wildman–Crippen LogP) is 4.51. The van der Waals surface area contributed by atoms with Gasteiger partial charge in [0.1, 0.15) is 11.9 Å². The molecule has 0 saturated carbocycles. The van der Waals surface area contributed by atoms with Gasteiger partial charge >= 0.3 is 6.03 Å². The predicted molar refractivity (Wildman–Crippen MR) is 125 cm³/mol. The van der Waals surface area contributed by atoms with Gasteiger partial charge in [-0.15, -0.1) is 0 Å². The van der Waals surface area contributed by atoms with Crippen LogP contribution in [-0.4, -0.2) is 34.0 Å². The lowest BCUT2D eigenvalue weighted by atomic mass is 10.1. The van der Waals surface area contributed by atoms with Crippen LogP contribution in [0.2, 0.25) is 5.02 Å². The smallest absolute Gasteiger partial charge is 0.322 e. The second kappa shape index (κ2) is 9.46. The molecule has 33 heavy (non-hydrogen) atoms. The number of likely N-dealkylation sites (tertiary alicyclic amines) is 1. The molecular weight excluding hydrogens is 447 g/mol. The number of amides is 3. The average Bonchev–Trinajstić information content (AvgIpc) is 3.19. The Morgan fingerprint density at radius 3 is 2.52 bits per heavy atom. The first kappa shape index (κ1) is 22.5. The Bertz CT molecular complexity index is 1240. The van der Waals surface area contributed by atoms with Crippen LogP contribution >= 0.6 is 11.6 Å². The molecule has 4 rings (SSSR count). The normalized spacial score (nSPS) is 17.6. The van der Waals surface area contributed by atoms with Crippen molar-refractivity contribution in [2.24, 2.45) is 5.92 Å². The summed E-state index contributed by atoms with van der Waals surface area (Å²) in [6.45, 7) is 2.35. The van der Waals surface area contributed by atoms with Crippen molar-refractivity contribution in [3.05, 3.63) is 88.1 Å². The summed E-state index contributed by atoms with van der Waals surface area (Å²) in [5, 5.41) is 5.89. The fourth-order valence-corrected chi connectivity index (χ4v) is 3.99. The molecule has 3 amide bonds. The number of nitrogens with zero attached hydrogens (tertiary/aromatic N) is 2. The molecule has 1 saturated heterocycles. The number of nitrogens with one attached hydrogen (secondary N) is 2. The number of hydrogen-bond donors (Lipinski definition) is 2. The third-order valence-electron chi connectivity index (χ3n) is 5.48. The van der Waals surface area contributed by atoms with E-state index in [0.29, 0.717) is 29.4 Å². The maximum absolute atomic E-state index is 14.7. The maximum atomic E-state index is 14.7. The zero-order valence-electron chi connectivity index (χ0n) is 17.8. The van der Waals surface area contributed by atoms with Gasteiger partial charge in [-0.05, 0) is 54.8 Å². The van der Waals surface area contributed by atoms with Gasteiger partial charge in [-0.25, -0.2) is 9.18 Å². The summed E-state index contributed by atoms with van der Waals surface area (Å²) < 4.78 is 16.0. The fraction of sp³-hybridized carbons (Fsp3) is 0.208. The summed E-state index contributed by atoms with van der Waals surface area (Å²) in [6, 6.07) is 14.3. The van der Waals surface area contributed by atoms with Gasteiger partial charge in [-0.2, -0.15) is 0 Å². The lowest BCUT2D eigenvalue weighted by Gasteiger charge is -2.24. The van der Waals surface area contributed by atoms with Crippen molar-refractivity contribution in [2.75, 3.05) is 17.2 Å². The van der Waals surface area contributed by atoms with Crippen LogP contribution in [0.15, 0.2) is 71.7 Å². The Morgan fingerprint density at radius 2 is 1.82 bits per heavy atom. The van der Waals surface area contributed by atoms with E-state index in [4.69, 9.17) is 11.6 Å². The van der Waals surface area contributed by atoms with Gasteiger partial charge < -0.3 is 15.5 Å². The molecule has 9 heteroatoms. The number of hydrogen-bond acceptors (Lipinski definition) is 3. The standard InChI is InChI=1S/C24H22ClFN4O3/c1-15-12-21(30(14-15)24(33)27-17-7-5-16(25)6-8-17)23(32)28-20-10-9-18(13-19(20)26)29-11-3-2-4-22(29)31/h2-11,13,15,21H,12,14H2,1H3,(H,27,33)(H,28,32).